The Hall–Kier alpha value is -3.39. The summed E-state index contributed by atoms with van der Waals surface area (Å²) in [4.78, 5) is 39.6. The molecule has 3 aromatic carbocycles. The maximum Gasteiger partial charge on any atom is 0.256 e. The number of piperazine rings is 1. The summed E-state index contributed by atoms with van der Waals surface area (Å²) >= 11 is 10.2. The number of amides is 2. The molecule has 0 spiro atoms. The van der Waals surface area contributed by atoms with Crippen molar-refractivity contribution in [2.45, 2.75) is 57.9 Å². The molecule has 2 atom stereocenters. The van der Waals surface area contributed by atoms with Gasteiger partial charge in [-0.2, -0.15) is 0 Å². The molecule has 0 radical (unpaired) electrons. The van der Waals surface area contributed by atoms with E-state index in [2.05, 4.69) is 77.8 Å². The summed E-state index contributed by atoms with van der Waals surface area (Å²) in [6, 6.07) is 22.5. The first-order valence-electron chi connectivity index (χ1n) is 16.2. The van der Waals surface area contributed by atoms with Crippen LogP contribution in [0.1, 0.15) is 78.3 Å². The fourth-order valence-corrected chi connectivity index (χ4v) is 8.95. The molecule has 46 heavy (non-hydrogen) atoms. The number of nitrogens with zero attached hydrogens (tertiary/aromatic N) is 3. The molecular weight excluding hydrogens is 660 g/mol. The SMILES string of the molecule is CCN1CCN(C(=O)c2c(C)[nH]c(-c3ccccc3)c2C2C(=O)N3c4c2cc(Br)cc4C(C)(c2ccc(Cl)cc2)CC3(C)C)CC1. The molecule has 2 amide bonds. The van der Waals surface area contributed by atoms with E-state index in [1.807, 2.05) is 59.2 Å². The van der Waals surface area contributed by atoms with Crippen LogP contribution in [0.2, 0.25) is 5.02 Å². The number of likely N-dealkylation sites (N-methyl/N-ethyl adjacent to an activating group) is 1. The monoisotopic (exact) mass is 698 g/mol. The average Bonchev–Trinajstić information content (AvgIpc) is 3.53. The number of carbonyl (C=O) groups excluding carboxylic acids is 2. The molecule has 1 saturated heterocycles. The first-order chi connectivity index (χ1) is 21.9. The lowest BCUT2D eigenvalue weighted by Crippen LogP contribution is -2.54. The van der Waals surface area contributed by atoms with Gasteiger partial charge >= 0.3 is 0 Å². The van der Waals surface area contributed by atoms with E-state index in [1.165, 1.54) is 0 Å². The van der Waals surface area contributed by atoms with E-state index in [-0.39, 0.29) is 17.2 Å². The zero-order valence-electron chi connectivity index (χ0n) is 27.1. The van der Waals surface area contributed by atoms with Crippen molar-refractivity contribution in [3.05, 3.63) is 110 Å². The van der Waals surface area contributed by atoms with Crippen LogP contribution in [0.4, 0.5) is 5.69 Å². The lowest BCUT2D eigenvalue weighted by molar-refractivity contribution is -0.119. The summed E-state index contributed by atoms with van der Waals surface area (Å²) in [6.45, 7) is 14.7. The molecule has 0 aliphatic carbocycles. The second kappa shape index (κ2) is 11.4. The van der Waals surface area contributed by atoms with Crippen molar-refractivity contribution in [2.24, 2.45) is 0 Å². The molecular formula is C38H40BrClN4O2. The maximum absolute atomic E-state index is 15.1. The summed E-state index contributed by atoms with van der Waals surface area (Å²) in [5.74, 6) is -0.641. The number of aromatic nitrogens is 1. The third kappa shape index (κ3) is 4.85. The van der Waals surface area contributed by atoms with E-state index in [0.717, 1.165) is 75.4 Å². The number of anilines is 1. The second-order valence-corrected chi connectivity index (χ2v) is 15.2. The Morgan fingerprint density at radius 3 is 2.33 bits per heavy atom. The van der Waals surface area contributed by atoms with Gasteiger partial charge in [0.15, 0.2) is 0 Å². The number of benzene rings is 3. The van der Waals surface area contributed by atoms with Crippen LogP contribution in [-0.2, 0) is 10.2 Å². The van der Waals surface area contributed by atoms with Crippen LogP contribution < -0.4 is 4.90 Å². The number of carbonyl (C=O) groups is 2. The second-order valence-electron chi connectivity index (χ2n) is 13.8. The van der Waals surface area contributed by atoms with Gasteiger partial charge < -0.3 is 19.7 Å². The van der Waals surface area contributed by atoms with Crippen LogP contribution in [0, 0.1) is 6.92 Å². The van der Waals surface area contributed by atoms with Gasteiger partial charge in [-0.1, -0.05) is 83.8 Å². The fraction of sp³-hybridized carbons (Fsp3) is 0.368. The molecule has 1 N–H and O–H groups in total. The summed E-state index contributed by atoms with van der Waals surface area (Å²) in [6.07, 6.45) is 0.730. The molecule has 4 heterocycles. The Bertz CT molecular complexity index is 1840. The smallest absolute Gasteiger partial charge is 0.256 e. The largest absolute Gasteiger partial charge is 0.358 e. The van der Waals surface area contributed by atoms with Crippen LogP contribution in [-0.4, -0.2) is 64.9 Å². The van der Waals surface area contributed by atoms with Gasteiger partial charge in [-0.25, -0.2) is 0 Å². The van der Waals surface area contributed by atoms with Gasteiger partial charge in [0, 0.05) is 57.9 Å². The number of hydrogen-bond acceptors (Lipinski definition) is 3. The number of aryl methyl sites for hydroxylation is 1. The van der Waals surface area contributed by atoms with Crippen molar-refractivity contribution < 1.29 is 9.59 Å². The highest BCUT2D eigenvalue weighted by molar-refractivity contribution is 9.10. The molecule has 8 heteroatoms. The summed E-state index contributed by atoms with van der Waals surface area (Å²) in [5, 5.41) is 0.698. The highest BCUT2D eigenvalue weighted by atomic mass is 79.9. The Morgan fingerprint density at radius 2 is 1.67 bits per heavy atom. The standard InChI is InChI=1S/C38H40BrClN4O2/c1-6-42-16-18-43(19-17-42)35(45)30-23(2)41-33(24-10-8-7-9-11-24)32(30)31-28-20-26(39)21-29-34(28)44(36(31)46)37(3,4)22-38(29,5)25-12-14-27(40)15-13-25/h7-15,20-21,31,41H,6,16-19,22H2,1-5H3. The van der Waals surface area contributed by atoms with Crippen LogP contribution in [0.3, 0.4) is 0 Å². The van der Waals surface area contributed by atoms with E-state index in [4.69, 9.17) is 11.6 Å². The quantitative estimate of drug-likeness (QED) is 0.229. The van der Waals surface area contributed by atoms with E-state index in [9.17, 15) is 4.79 Å². The molecule has 1 fully saturated rings. The molecule has 0 saturated carbocycles. The van der Waals surface area contributed by atoms with Crippen molar-refractivity contribution >= 4 is 45.0 Å². The first-order valence-corrected chi connectivity index (χ1v) is 17.3. The Balaban J connectivity index is 1.46. The topological polar surface area (TPSA) is 59.7 Å². The van der Waals surface area contributed by atoms with Crippen LogP contribution in [0.15, 0.2) is 71.2 Å². The number of halogens is 2. The zero-order chi connectivity index (χ0) is 32.5. The van der Waals surface area contributed by atoms with Crippen molar-refractivity contribution in [2.75, 3.05) is 37.6 Å². The van der Waals surface area contributed by atoms with Gasteiger partial charge in [-0.3, -0.25) is 9.59 Å². The molecule has 0 bridgehead atoms. The normalized spacial score (nSPS) is 22.3. The summed E-state index contributed by atoms with van der Waals surface area (Å²) in [7, 11) is 0. The van der Waals surface area contributed by atoms with Gasteiger partial charge in [-0.05, 0) is 80.3 Å². The summed E-state index contributed by atoms with van der Waals surface area (Å²) < 4.78 is 0.915. The van der Waals surface area contributed by atoms with Gasteiger partial charge in [0.05, 0.1) is 22.9 Å². The Labute approximate surface area is 284 Å². The number of aromatic amines is 1. The number of H-pyrrole nitrogens is 1. The minimum atomic E-state index is -0.644. The van der Waals surface area contributed by atoms with Crippen molar-refractivity contribution in [3.8, 4) is 11.3 Å². The lowest BCUT2D eigenvalue weighted by atomic mass is 9.65. The zero-order valence-corrected chi connectivity index (χ0v) is 29.4. The molecule has 6 nitrogen and oxygen atoms in total. The highest BCUT2D eigenvalue weighted by Gasteiger charge is 2.55. The molecule has 2 unspecified atom stereocenters. The van der Waals surface area contributed by atoms with Gasteiger partial charge in [-0.15, -0.1) is 0 Å². The third-order valence-corrected chi connectivity index (χ3v) is 11.2. The minimum Gasteiger partial charge on any atom is -0.358 e. The molecule has 1 aromatic heterocycles. The average molecular weight is 700 g/mol. The Morgan fingerprint density at radius 1 is 1.00 bits per heavy atom. The molecule has 4 aromatic rings. The van der Waals surface area contributed by atoms with E-state index >= 15 is 4.79 Å². The number of rotatable bonds is 5. The van der Waals surface area contributed by atoms with Gasteiger partial charge in [0.25, 0.3) is 5.91 Å². The Kier molecular flexibility index (Phi) is 7.73. The predicted molar refractivity (Wildman–Crippen MR) is 189 cm³/mol. The van der Waals surface area contributed by atoms with Gasteiger partial charge in [0.2, 0.25) is 5.91 Å². The fourth-order valence-electron chi connectivity index (χ4n) is 8.34. The highest BCUT2D eigenvalue weighted by Crippen LogP contribution is 2.59. The minimum absolute atomic E-state index is 0.00941. The van der Waals surface area contributed by atoms with E-state index < -0.39 is 11.5 Å². The molecule has 3 aliphatic heterocycles. The van der Waals surface area contributed by atoms with Crippen molar-refractivity contribution in [1.29, 1.82) is 0 Å². The molecule has 3 aliphatic rings. The molecule has 238 valence electrons. The van der Waals surface area contributed by atoms with E-state index in [1.54, 1.807) is 0 Å². The number of nitrogens with one attached hydrogen (secondary N) is 1. The van der Waals surface area contributed by atoms with Gasteiger partial charge in [0.1, 0.15) is 0 Å². The van der Waals surface area contributed by atoms with Crippen LogP contribution in [0.5, 0.6) is 0 Å². The lowest BCUT2D eigenvalue weighted by Gasteiger charge is -2.50. The van der Waals surface area contributed by atoms with Crippen LogP contribution in [0.25, 0.3) is 11.3 Å². The third-order valence-electron chi connectivity index (χ3n) is 10.5. The van der Waals surface area contributed by atoms with E-state index in [0.29, 0.717) is 23.7 Å². The van der Waals surface area contributed by atoms with Crippen molar-refractivity contribution in [3.63, 3.8) is 0 Å². The van der Waals surface area contributed by atoms with Crippen molar-refractivity contribution in [1.82, 2.24) is 14.8 Å². The number of hydrogen-bond donors (Lipinski definition) is 1. The van der Waals surface area contributed by atoms with Crippen LogP contribution >= 0.6 is 27.5 Å². The first kappa shape index (κ1) is 31.2. The predicted octanol–water partition coefficient (Wildman–Crippen LogP) is 8.15. The molecule has 7 rings (SSSR count). The summed E-state index contributed by atoms with van der Waals surface area (Å²) in [5.41, 5.74) is 7.26. The maximum atomic E-state index is 15.1.